The van der Waals surface area contributed by atoms with Gasteiger partial charge in [0.2, 0.25) is 5.78 Å². The molecule has 2 unspecified atom stereocenters. The molecule has 1 rings (SSSR count). The maximum absolute atomic E-state index is 11.7. The first-order chi connectivity index (χ1) is 10.5. The van der Waals surface area contributed by atoms with Crippen LogP contribution in [-0.4, -0.2) is 58.7 Å². The molecule has 1 aliphatic heterocycles. The molecule has 0 saturated carbocycles. The second kappa shape index (κ2) is 6.93. The molecule has 0 aromatic heterocycles. The molecule has 0 radical (unpaired) electrons. The van der Waals surface area contributed by atoms with Crippen molar-refractivity contribution in [3.05, 3.63) is 0 Å². The van der Waals surface area contributed by atoms with Crippen LogP contribution in [0.1, 0.15) is 6.92 Å². The third-order valence-corrected chi connectivity index (χ3v) is 3.41. The summed E-state index contributed by atoms with van der Waals surface area (Å²) in [6.07, 6.45) is 0. The lowest BCUT2D eigenvalue weighted by Crippen LogP contribution is -2.39. The number of ketones is 2. The van der Waals surface area contributed by atoms with Crippen LogP contribution >= 0.6 is 7.82 Å². The van der Waals surface area contributed by atoms with E-state index in [1.165, 1.54) is 0 Å². The van der Waals surface area contributed by atoms with Crippen LogP contribution in [0.5, 0.6) is 0 Å². The predicted molar refractivity (Wildman–Crippen MR) is 60.6 cm³/mol. The first kappa shape index (κ1) is 18.9. The molecule has 0 aromatic carbocycles. The van der Waals surface area contributed by atoms with Crippen LogP contribution in [0.4, 0.5) is 0 Å². The molecule has 1 aliphatic rings. The third kappa shape index (κ3) is 4.64. The van der Waals surface area contributed by atoms with E-state index in [0.717, 1.165) is 6.92 Å². The van der Waals surface area contributed by atoms with Crippen molar-refractivity contribution >= 4 is 37.3 Å². The molecule has 0 spiro atoms. The Kier molecular flexibility index (Phi) is 5.69. The van der Waals surface area contributed by atoms with Gasteiger partial charge in [-0.15, -0.1) is 0 Å². The number of carbonyl (C=O) groups is 5. The summed E-state index contributed by atoms with van der Waals surface area (Å²) in [4.78, 5) is 61.9. The van der Waals surface area contributed by atoms with Crippen LogP contribution in [-0.2, 0) is 51.9 Å². The molecule has 0 bridgehead atoms. The van der Waals surface area contributed by atoms with Crippen LogP contribution in [0, 0.1) is 0 Å². The standard InChI is InChI=1S/C9H9O13P/c1-4(11)6(13)19-20-7(14)5(12)2-18-23(17)21-8(15)9(16,3-10)22-23/h10,16H,2-3H2,1H3. The van der Waals surface area contributed by atoms with E-state index in [0.29, 0.717) is 0 Å². The van der Waals surface area contributed by atoms with Gasteiger partial charge in [-0.1, -0.05) is 0 Å². The summed E-state index contributed by atoms with van der Waals surface area (Å²) in [6, 6.07) is 0. The number of aliphatic hydroxyl groups is 2. The van der Waals surface area contributed by atoms with Gasteiger partial charge in [-0.2, -0.15) is 0 Å². The fraction of sp³-hybridized carbons (Fsp3) is 0.444. The lowest BCUT2D eigenvalue weighted by atomic mass is 10.3. The first-order valence-electron chi connectivity index (χ1n) is 5.52. The van der Waals surface area contributed by atoms with Gasteiger partial charge < -0.3 is 14.7 Å². The number of hydrogen-bond donors (Lipinski definition) is 2. The molecule has 2 atom stereocenters. The number of Topliss-reactive ketones (excluding diaryl/α,β-unsaturated/α-hetero) is 2. The van der Waals surface area contributed by atoms with E-state index < -0.39 is 56.3 Å². The van der Waals surface area contributed by atoms with Crippen molar-refractivity contribution in [2.24, 2.45) is 0 Å². The van der Waals surface area contributed by atoms with Crippen molar-refractivity contribution in [3.63, 3.8) is 0 Å². The molecule has 13 nitrogen and oxygen atoms in total. The summed E-state index contributed by atoms with van der Waals surface area (Å²) in [5.74, 6) is -10.6. The van der Waals surface area contributed by atoms with Gasteiger partial charge >= 0.3 is 31.5 Å². The van der Waals surface area contributed by atoms with Gasteiger partial charge in [0.05, 0.1) is 0 Å². The molecule has 128 valence electrons. The highest BCUT2D eigenvalue weighted by atomic mass is 31.2. The maximum Gasteiger partial charge on any atom is 0.536 e. The van der Waals surface area contributed by atoms with E-state index in [9.17, 15) is 33.6 Å². The van der Waals surface area contributed by atoms with Gasteiger partial charge in [0.1, 0.15) is 13.2 Å². The Morgan fingerprint density at radius 2 is 1.78 bits per heavy atom. The highest BCUT2D eigenvalue weighted by Gasteiger charge is 2.57. The van der Waals surface area contributed by atoms with Crippen LogP contribution < -0.4 is 0 Å². The Hall–Kier alpha value is -2.18. The molecule has 1 saturated heterocycles. The van der Waals surface area contributed by atoms with E-state index in [1.54, 1.807) is 0 Å². The normalized spacial score (nSPS) is 26.3. The van der Waals surface area contributed by atoms with Crippen LogP contribution in [0.2, 0.25) is 0 Å². The molecule has 1 heterocycles. The molecule has 0 aliphatic carbocycles. The Labute approximate surface area is 126 Å². The zero-order chi connectivity index (χ0) is 17.8. The first-order valence-corrected chi connectivity index (χ1v) is 6.98. The summed E-state index contributed by atoms with van der Waals surface area (Å²) in [5, 5.41) is 18.0. The minimum absolute atomic E-state index is 0.806. The van der Waals surface area contributed by atoms with Crippen LogP contribution in [0.15, 0.2) is 0 Å². The zero-order valence-corrected chi connectivity index (χ0v) is 12.1. The molecule has 1 fully saturated rings. The summed E-state index contributed by atoms with van der Waals surface area (Å²) in [6.45, 7) is -1.82. The third-order valence-electron chi connectivity index (χ3n) is 2.05. The summed E-state index contributed by atoms with van der Waals surface area (Å²) in [5.41, 5.74) is 0. The van der Waals surface area contributed by atoms with Crippen molar-refractivity contribution in [3.8, 4) is 0 Å². The number of aliphatic hydroxyl groups excluding tert-OH is 1. The Morgan fingerprint density at radius 1 is 1.22 bits per heavy atom. The summed E-state index contributed by atoms with van der Waals surface area (Å²) < 4.78 is 24.2. The second-order valence-electron chi connectivity index (χ2n) is 3.85. The molecule has 0 amide bonds. The molecule has 14 heteroatoms. The largest absolute Gasteiger partial charge is 0.536 e. The van der Waals surface area contributed by atoms with E-state index in [4.69, 9.17) is 5.11 Å². The van der Waals surface area contributed by atoms with E-state index in [2.05, 4.69) is 23.3 Å². The molecule has 23 heavy (non-hydrogen) atoms. The maximum atomic E-state index is 11.7. The molecular formula is C9H9O13P. The van der Waals surface area contributed by atoms with Crippen molar-refractivity contribution in [2.75, 3.05) is 13.2 Å². The molecule has 2 N–H and O–H groups in total. The number of carbonyl (C=O) groups excluding carboxylic acids is 5. The number of hydrogen-bond acceptors (Lipinski definition) is 13. The number of phosphoric acid groups is 1. The average Bonchev–Trinajstić information content (AvgIpc) is 2.72. The van der Waals surface area contributed by atoms with Gasteiger partial charge in [-0.25, -0.2) is 33.2 Å². The van der Waals surface area contributed by atoms with Gasteiger partial charge in [0, 0.05) is 6.92 Å². The van der Waals surface area contributed by atoms with Gasteiger partial charge in [0.25, 0.3) is 5.78 Å². The van der Waals surface area contributed by atoms with Crippen LogP contribution in [0.25, 0.3) is 0 Å². The quantitative estimate of drug-likeness (QED) is 0.220. The monoisotopic (exact) mass is 356 g/mol. The van der Waals surface area contributed by atoms with E-state index in [-0.39, 0.29) is 0 Å². The summed E-state index contributed by atoms with van der Waals surface area (Å²) in [7, 11) is -4.76. The topological polar surface area (TPSA) is 189 Å². The highest BCUT2D eigenvalue weighted by Crippen LogP contribution is 2.58. The zero-order valence-electron chi connectivity index (χ0n) is 11.2. The van der Waals surface area contributed by atoms with Crippen molar-refractivity contribution in [1.29, 1.82) is 0 Å². The lowest BCUT2D eigenvalue weighted by molar-refractivity contribution is -0.254. The van der Waals surface area contributed by atoms with Crippen molar-refractivity contribution in [1.82, 2.24) is 0 Å². The van der Waals surface area contributed by atoms with E-state index in [1.807, 2.05) is 0 Å². The fourth-order valence-corrected chi connectivity index (χ4v) is 2.20. The minimum atomic E-state index is -4.76. The highest BCUT2D eigenvalue weighted by molar-refractivity contribution is 7.49. The second-order valence-corrected chi connectivity index (χ2v) is 5.37. The Balaban J connectivity index is 2.52. The summed E-state index contributed by atoms with van der Waals surface area (Å²) >= 11 is 0. The van der Waals surface area contributed by atoms with Crippen LogP contribution in [0.3, 0.4) is 0 Å². The fourth-order valence-electron chi connectivity index (χ4n) is 0.937. The number of phosphoric ester groups is 1. The van der Waals surface area contributed by atoms with Crippen molar-refractivity contribution < 1.29 is 62.1 Å². The van der Waals surface area contributed by atoms with E-state index >= 15 is 0 Å². The molecule has 0 aromatic rings. The molecular weight excluding hydrogens is 347 g/mol. The lowest BCUT2D eigenvalue weighted by Gasteiger charge is -2.12. The Bertz CT molecular complexity index is 609. The van der Waals surface area contributed by atoms with Gasteiger partial charge in [0.15, 0.2) is 0 Å². The van der Waals surface area contributed by atoms with Gasteiger partial charge in [-0.3, -0.25) is 14.1 Å². The average molecular weight is 356 g/mol. The van der Waals surface area contributed by atoms with Gasteiger partial charge in [-0.05, 0) is 0 Å². The minimum Gasteiger partial charge on any atom is -0.390 e. The Morgan fingerprint density at radius 3 is 2.26 bits per heavy atom. The smallest absolute Gasteiger partial charge is 0.390 e. The van der Waals surface area contributed by atoms with Crippen molar-refractivity contribution in [2.45, 2.75) is 12.7 Å². The number of rotatable bonds is 6. The SMILES string of the molecule is CC(=O)C(=O)OOC(=O)C(=O)COP1(=O)OC(=O)C(O)(CO)O1. The predicted octanol–water partition coefficient (Wildman–Crippen LogP) is -2.48.